The Hall–Kier alpha value is -1.59. The van der Waals surface area contributed by atoms with Gasteiger partial charge >= 0.3 is 0 Å². The Kier molecular flexibility index (Phi) is 4.76. The second-order valence-corrected chi connectivity index (χ2v) is 5.07. The van der Waals surface area contributed by atoms with Crippen LogP contribution in [0, 0.1) is 6.92 Å². The summed E-state index contributed by atoms with van der Waals surface area (Å²) in [6.07, 6.45) is 0.664. The number of rotatable bonds is 5. The molecule has 0 amide bonds. The number of methoxy groups -OCH3 is 1. The Morgan fingerprint density at radius 3 is 2.74 bits per heavy atom. The average molecular weight is 276 g/mol. The highest BCUT2D eigenvalue weighted by atomic mass is 32.2. The number of thioether (sulfide) groups is 1. The van der Waals surface area contributed by atoms with Gasteiger partial charge < -0.3 is 9.72 Å². The number of H-pyrrole nitrogens is 1. The Morgan fingerprint density at radius 1 is 1.32 bits per heavy atom. The lowest BCUT2D eigenvalue weighted by Gasteiger charge is -2.07. The molecule has 0 saturated heterocycles. The molecule has 2 rings (SSSR count). The van der Waals surface area contributed by atoms with Crippen LogP contribution in [-0.2, 0) is 11.2 Å². The van der Waals surface area contributed by atoms with Gasteiger partial charge in [0.25, 0.3) is 5.56 Å². The van der Waals surface area contributed by atoms with Gasteiger partial charge in [0.1, 0.15) is 0 Å². The summed E-state index contributed by atoms with van der Waals surface area (Å²) in [6.45, 7) is 1.80. The van der Waals surface area contributed by atoms with E-state index in [2.05, 4.69) is 9.97 Å². The van der Waals surface area contributed by atoms with E-state index in [1.54, 1.807) is 14.0 Å². The van der Waals surface area contributed by atoms with E-state index in [9.17, 15) is 4.79 Å². The van der Waals surface area contributed by atoms with E-state index in [0.717, 1.165) is 11.3 Å². The number of hydrogen-bond acceptors (Lipinski definition) is 4. The fourth-order valence-electron chi connectivity index (χ4n) is 1.70. The first-order chi connectivity index (χ1) is 9.20. The molecule has 100 valence electrons. The van der Waals surface area contributed by atoms with Crippen molar-refractivity contribution in [2.75, 3.05) is 13.0 Å². The van der Waals surface area contributed by atoms with E-state index < -0.39 is 0 Å². The van der Waals surface area contributed by atoms with E-state index in [4.69, 9.17) is 4.74 Å². The van der Waals surface area contributed by atoms with Crippen molar-refractivity contribution in [2.45, 2.75) is 18.5 Å². The second kappa shape index (κ2) is 6.54. The minimum atomic E-state index is -0.0838. The smallest absolute Gasteiger partial charge is 0.254 e. The Bertz CT molecular complexity index is 596. The zero-order valence-corrected chi connectivity index (χ0v) is 11.8. The molecule has 2 aromatic rings. The summed E-state index contributed by atoms with van der Waals surface area (Å²) in [5.41, 5.74) is 2.55. The van der Waals surface area contributed by atoms with Crippen LogP contribution in [-0.4, -0.2) is 23.0 Å². The first-order valence-corrected chi connectivity index (χ1v) is 6.94. The van der Waals surface area contributed by atoms with Crippen molar-refractivity contribution >= 4 is 11.8 Å². The molecule has 0 aliphatic rings. The predicted octanol–water partition coefficient (Wildman–Crippen LogP) is 2.37. The van der Waals surface area contributed by atoms with Crippen molar-refractivity contribution in [2.24, 2.45) is 0 Å². The summed E-state index contributed by atoms with van der Waals surface area (Å²) in [5.74, 6) is 0.469. The summed E-state index contributed by atoms with van der Waals surface area (Å²) in [7, 11) is 1.62. The monoisotopic (exact) mass is 276 g/mol. The van der Waals surface area contributed by atoms with Crippen LogP contribution in [0.4, 0.5) is 0 Å². The van der Waals surface area contributed by atoms with E-state index >= 15 is 0 Å². The normalized spacial score (nSPS) is 10.6. The maximum atomic E-state index is 11.9. The summed E-state index contributed by atoms with van der Waals surface area (Å²) in [6, 6.07) is 10.0. The van der Waals surface area contributed by atoms with Gasteiger partial charge in [0, 0.05) is 19.1 Å². The fraction of sp³-hybridized carbons (Fsp3) is 0.286. The molecule has 1 aromatic heterocycles. The molecule has 0 aliphatic heterocycles. The standard InChI is InChI=1S/C14H16N2O2S/c1-10-12(8-11-6-4-3-5-7-11)15-14(16-13(10)17)19-9-18-2/h3-7H,8-9H2,1-2H3,(H,15,16,17). The molecule has 0 bridgehead atoms. The summed E-state index contributed by atoms with van der Waals surface area (Å²) in [4.78, 5) is 19.1. The molecule has 0 saturated carbocycles. The van der Waals surface area contributed by atoms with Crippen LogP contribution in [0.5, 0.6) is 0 Å². The van der Waals surface area contributed by atoms with Crippen molar-refractivity contribution in [3.8, 4) is 0 Å². The number of aromatic amines is 1. The number of hydrogen-bond donors (Lipinski definition) is 1. The Labute approximate surface area is 116 Å². The molecule has 0 fully saturated rings. The Morgan fingerprint density at radius 2 is 2.05 bits per heavy atom. The highest BCUT2D eigenvalue weighted by Gasteiger charge is 2.08. The summed E-state index contributed by atoms with van der Waals surface area (Å²) in [5, 5.41) is 0.600. The van der Waals surface area contributed by atoms with Crippen LogP contribution < -0.4 is 5.56 Å². The summed E-state index contributed by atoms with van der Waals surface area (Å²) >= 11 is 1.38. The maximum absolute atomic E-state index is 11.9. The third kappa shape index (κ3) is 3.68. The lowest BCUT2D eigenvalue weighted by atomic mass is 10.1. The third-order valence-corrected chi connectivity index (χ3v) is 3.58. The lowest BCUT2D eigenvalue weighted by Crippen LogP contribution is -2.16. The third-order valence-electron chi connectivity index (χ3n) is 2.76. The van der Waals surface area contributed by atoms with Gasteiger partial charge in [0.15, 0.2) is 5.16 Å². The van der Waals surface area contributed by atoms with Gasteiger partial charge in [0.2, 0.25) is 0 Å². The van der Waals surface area contributed by atoms with Crippen molar-refractivity contribution in [3.63, 3.8) is 0 Å². The molecule has 5 heteroatoms. The molecular formula is C14H16N2O2S. The van der Waals surface area contributed by atoms with Crippen LogP contribution in [0.2, 0.25) is 0 Å². The van der Waals surface area contributed by atoms with E-state index in [1.807, 2.05) is 30.3 Å². The first-order valence-electron chi connectivity index (χ1n) is 5.96. The van der Waals surface area contributed by atoms with Crippen LogP contribution in [0.15, 0.2) is 40.3 Å². The van der Waals surface area contributed by atoms with Gasteiger partial charge in [-0.2, -0.15) is 0 Å². The van der Waals surface area contributed by atoms with Crippen LogP contribution >= 0.6 is 11.8 Å². The highest BCUT2D eigenvalue weighted by Crippen LogP contribution is 2.14. The van der Waals surface area contributed by atoms with Crippen molar-refractivity contribution < 1.29 is 4.74 Å². The molecule has 0 atom stereocenters. The summed E-state index contributed by atoms with van der Waals surface area (Å²) < 4.78 is 4.97. The van der Waals surface area contributed by atoms with Crippen LogP contribution in [0.3, 0.4) is 0 Å². The number of benzene rings is 1. The molecule has 1 aromatic carbocycles. The number of ether oxygens (including phenoxy) is 1. The topological polar surface area (TPSA) is 55.0 Å². The highest BCUT2D eigenvalue weighted by molar-refractivity contribution is 7.99. The number of nitrogens with one attached hydrogen (secondary N) is 1. The van der Waals surface area contributed by atoms with E-state index in [-0.39, 0.29) is 5.56 Å². The van der Waals surface area contributed by atoms with Gasteiger partial charge in [-0.05, 0) is 12.5 Å². The molecule has 1 N–H and O–H groups in total. The van der Waals surface area contributed by atoms with Crippen molar-refractivity contribution in [1.82, 2.24) is 9.97 Å². The van der Waals surface area contributed by atoms with Gasteiger partial charge in [-0.25, -0.2) is 4.98 Å². The minimum absolute atomic E-state index is 0.0838. The maximum Gasteiger partial charge on any atom is 0.254 e. The molecule has 0 unspecified atom stereocenters. The first kappa shape index (κ1) is 13.8. The van der Waals surface area contributed by atoms with Gasteiger partial charge in [-0.1, -0.05) is 42.1 Å². The number of aromatic nitrogens is 2. The van der Waals surface area contributed by atoms with Crippen molar-refractivity contribution in [3.05, 3.63) is 57.5 Å². The molecular weight excluding hydrogens is 260 g/mol. The lowest BCUT2D eigenvalue weighted by molar-refractivity contribution is 0.258. The van der Waals surface area contributed by atoms with Gasteiger partial charge in [-0.15, -0.1) is 0 Å². The van der Waals surface area contributed by atoms with Gasteiger partial charge in [-0.3, -0.25) is 4.79 Å². The molecule has 0 spiro atoms. The van der Waals surface area contributed by atoms with Crippen LogP contribution in [0.25, 0.3) is 0 Å². The molecule has 19 heavy (non-hydrogen) atoms. The zero-order valence-electron chi connectivity index (χ0n) is 11.0. The van der Waals surface area contributed by atoms with E-state index in [1.165, 1.54) is 11.8 Å². The largest absolute Gasteiger partial charge is 0.374 e. The Balaban J connectivity index is 2.28. The van der Waals surface area contributed by atoms with Crippen molar-refractivity contribution in [1.29, 1.82) is 0 Å². The SMILES string of the molecule is COCSc1nc(Cc2ccccc2)c(C)c(=O)[nH]1. The zero-order chi connectivity index (χ0) is 13.7. The van der Waals surface area contributed by atoms with Crippen LogP contribution in [0.1, 0.15) is 16.8 Å². The molecule has 1 heterocycles. The average Bonchev–Trinajstić information content (AvgIpc) is 2.43. The fourth-order valence-corrected chi connectivity index (χ4v) is 2.27. The number of nitrogens with zero attached hydrogens (tertiary/aromatic N) is 1. The second-order valence-electron chi connectivity index (χ2n) is 4.16. The van der Waals surface area contributed by atoms with E-state index in [0.29, 0.717) is 23.1 Å². The quantitative estimate of drug-likeness (QED) is 0.517. The van der Waals surface area contributed by atoms with Gasteiger partial charge in [0.05, 0.1) is 11.6 Å². The molecule has 0 aliphatic carbocycles. The molecule has 0 radical (unpaired) electrons. The minimum Gasteiger partial charge on any atom is -0.374 e. The predicted molar refractivity (Wildman–Crippen MR) is 76.6 cm³/mol. The molecule has 4 nitrogen and oxygen atoms in total.